The average Bonchev–Trinajstić information content (AvgIpc) is 2.54. The highest BCUT2D eigenvalue weighted by molar-refractivity contribution is 7.92. The minimum atomic E-state index is -3.56. The van der Waals surface area contributed by atoms with Crippen LogP contribution in [0.4, 0.5) is 5.69 Å². The summed E-state index contributed by atoms with van der Waals surface area (Å²) < 4.78 is 32.8. The number of fused-ring (bicyclic) bond motifs is 1. The van der Waals surface area contributed by atoms with Gasteiger partial charge < -0.3 is 4.74 Å². The minimum absolute atomic E-state index is 0.314. The maximum absolute atomic E-state index is 12.9. The zero-order chi connectivity index (χ0) is 15.7. The second-order valence-electron chi connectivity index (χ2n) is 5.62. The van der Waals surface area contributed by atoms with Gasteiger partial charge in [-0.15, -0.1) is 0 Å². The van der Waals surface area contributed by atoms with Crippen LogP contribution in [-0.4, -0.2) is 21.6 Å². The summed E-state index contributed by atoms with van der Waals surface area (Å²) in [4.78, 5) is 0.314. The van der Waals surface area contributed by atoms with Crippen LogP contribution in [-0.2, 0) is 10.0 Å². The van der Waals surface area contributed by atoms with E-state index in [4.69, 9.17) is 4.74 Å². The summed E-state index contributed by atoms with van der Waals surface area (Å²) >= 11 is 0. The minimum Gasteiger partial charge on any atom is -0.489 e. The normalized spacial score (nSPS) is 14.6. The van der Waals surface area contributed by atoms with Crippen molar-refractivity contribution in [2.75, 3.05) is 17.5 Å². The molecule has 22 heavy (non-hydrogen) atoms. The number of para-hydroxylation sites is 2. The number of anilines is 1. The largest absolute Gasteiger partial charge is 0.489 e. The number of rotatable bonds is 3. The van der Waals surface area contributed by atoms with Crippen molar-refractivity contribution in [3.8, 4) is 5.75 Å². The molecule has 0 bridgehead atoms. The summed E-state index contributed by atoms with van der Waals surface area (Å²) in [6, 6.07) is 14.3. The quantitative estimate of drug-likeness (QED) is 0.871. The summed E-state index contributed by atoms with van der Waals surface area (Å²) in [5.41, 5.74) is 1.73. The molecule has 0 saturated heterocycles. The average molecular weight is 317 g/mol. The first-order valence-corrected chi connectivity index (χ1v) is 8.78. The predicted molar refractivity (Wildman–Crippen MR) is 87.0 cm³/mol. The molecule has 0 radical (unpaired) electrons. The lowest BCUT2D eigenvalue weighted by atomic mass is 10.0. The Hall–Kier alpha value is -2.01. The van der Waals surface area contributed by atoms with Crippen LogP contribution < -0.4 is 9.04 Å². The Labute approximate surface area is 131 Å². The van der Waals surface area contributed by atoms with Crippen molar-refractivity contribution in [1.29, 1.82) is 0 Å². The Morgan fingerprint density at radius 3 is 2.41 bits per heavy atom. The van der Waals surface area contributed by atoms with E-state index >= 15 is 0 Å². The Bertz CT molecular complexity index is 767. The fraction of sp³-hybridized carbons (Fsp3) is 0.294. The zero-order valence-electron chi connectivity index (χ0n) is 12.7. The van der Waals surface area contributed by atoms with Gasteiger partial charge in [0.1, 0.15) is 12.4 Å². The topological polar surface area (TPSA) is 46.6 Å². The molecule has 0 saturated carbocycles. The summed E-state index contributed by atoms with van der Waals surface area (Å²) in [7, 11) is -3.56. The standard InChI is InChI=1S/C17H19NO3S/c1-13(2)14-7-9-15(10-8-14)22(19,20)18-11-12-21-17-6-4-3-5-16(17)18/h3-10,13H,11-12H2,1-2H3. The van der Waals surface area contributed by atoms with Crippen LogP contribution in [0.5, 0.6) is 5.75 Å². The molecule has 0 aromatic heterocycles. The van der Waals surface area contributed by atoms with Crippen LogP contribution in [0.1, 0.15) is 25.3 Å². The molecule has 0 amide bonds. The van der Waals surface area contributed by atoms with Gasteiger partial charge in [0.25, 0.3) is 10.0 Å². The molecule has 116 valence electrons. The molecule has 0 fully saturated rings. The highest BCUT2D eigenvalue weighted by Crippen LogP contribution is 2.35. The van der Waals surface area contributed by atoms with E-state index in [1.165, 1.54) is 4.31 Å². The second-order valence-corrected chi connectivity index (χ2v) is 7.48. The van der Waals surface area contributed by atoms with E-state index in [0.29, 0.717) is 35.4 Å². The first kappa shape index (κ1) is 14.9. The van der Waals surface area contributed by atoms with Crippen molar-refractivity contribution < 1.29 is 13.2 Å². The van der Waals surface area contributed by atoms with Crippen LogP contribution in [0, 0.1) is 0 Å². The van der Waals surface area contributed by atoms with E-state index in [0.717, 1.165) is 5.56 Å². The van der Waals surface area contributed by atoms with Crippen molar-refractivity contribution in [3.05, 3.63) is 54.1 Å². The molecule has 4 nitrogen and oxygen atoms in total. The molecule has 5 heteroatoms. The van der Waals surface area contributed by atoms with Crippen molar-refractivity contribution in [3.63, 3.8) is 0 Å². The Morgan fingerprint density at radius 1 is 1.05 bits per heavy atom. The number of nitrogens with zero attached hydrogens (tertiary/aromatic N) is 1. The predicted octanol–water partition coefficient (Wildman–Crippen LogP) is 3.40. The second kappa shape index (κ2) is 5.65. The summed E-state index contributed by atoms with van der Waals surface area (Å²) in [5.74, 6) is 0.983. The van der Waals surface area contributed by atoms with Gasteiger partial charge in [-0.25, -0.2) is 8.42 Å². The van der Waals surface area contributed by atoms with Crippen LogP contribution in [0.3, 0.4) is 0 Å². The van der Waals surface area contributed by atoms with Gasteiger partial charge in [0, 0.05) is 0 Å². The molecule has 0 N–H and O–H groups in total. The molecule has 1 aliphatic rings. The van der Waals surface area contributed by atoms with E-state index < -0.39 is 10.0 Å². The molecule has 0 aliphatic carbocycles. The number of sulfonamides is 1. The summed E-state index contributed by atoms with van der Waals surface area (Å²) in [6.45, 7) is 4.86. The molecule has 2 aromatic carbocycles. The first-order chi connectivity index (χ1) is 10.5. The number of hydrogen-bond donors (Lipinski definition) is 0. The lowest BCUT2D eigenvalue weighted by Gasteiger charge is -2.30. The zero-order valence-corrected chi connectivity index (χ0v) is 13.5. The van der Waals surface area contributed by atoms with E-state index in [9.17, 15) is 8.42 Å². The van der Waals surface area contributed by atoms with E-state index in [2.05, 4.69) is 13.8 Å². The lowest BCUT2D eigenvalue weighted by molar-refractivity contribution is 0.316. The molecule has 0 spiro atoms. The van der Waals surface area contributed by atoms with Crippen molar-refractivity contribution in [2.45, 2.75) is 24.7 Å². The third-order valence-corrected chi connectivity index (χ3v) is 5.65. The molecule has 1 aliphatic heterocycles. The maximum Gasteiger partial charge on any atom is 0.264 e. The van der Waals surface area contributed by atoms with E-state index in [1.54, 1.807) is 24.3 Å². The SMILES string of the molecule is CC(C)c1ccc(S(=O)(=O)N2CCOc3ccccc32)cc1. The highest BCUT2D eigenvalue weighted by atomic mass is 32.2. The van der Waals surface area contributed by atoms with Crippen molar-refractivity contribution in [1.82, 2.24) is 0 Å². The fourth-order valence-electron chi connectivity index (χ4n) is 2.55. The van der Waals surface area contributed by atoms with Gasteiger partial charge in [0.15, 0.2) is 0 Å². The molecule has 1 heterocycles. The molecular weight excluding hydrogens is 298 g/mol. The third kappa shape index (κ3) is 2.57. The number of benzene rings is 2. The Kier molecular flexibility index (Phi) is 3.83. The number of ether oxygens (including phenoxy) is 1. The van der Waals surface area contributed by atoms with Gasteiger partial charge in [0.2, 0.25) is 0 Å². The van der Waals surface area contributed by atoms with Crippen LogP contribution >= 0.6 is 0 Å². The van der Waals surface area contributed by atoms with Crippen LogP contribution in [0.2, 0.25) is 0 Å². The lowest BCUT2D eigenvalue weighted by Crippen LogP contribution is -2.37. The van der Waals surface area contributed by atoms with E-state index in [-0.39, 0.29) is 0 Å². The van der Waals surface area contributed by atoms with Gasteiger partial charge in [-0.1, -0.05) is 38.1 Å². The smallest absolute Gasteiger partial charge is 0.264 e. The molecule has 0 atom stereocenters. The van der Waals surface area contributed by atoms with Crippen molar-refractivity contribution >= 4 is 15.7 Å². The summed E-state index contributed by atoms with van der Waals surface area (Å²) in [6.07, 6.45) is 0. The van der Waals surface area contributed by atoms with E-state index in [1.807, 2.05) is 24.3 Å². The Morgan fingerprint density at radius 2 is 1.73 bits per heavy atom. The summed E-state index contributed by atoms with van der Waals surface area (Å²) in [5, 5.41) is 0. The monoisotopic (exact) mass is 317 g/mol. The molecule has 0 unspecified atom stereocenters. The van der Waals surface area contributed by atoms with Crippen LogP contribution in [0.15, 0.2) is 53.4 Å². The fourth-order valence-corrected chi connectivity index (χ4v) is 4.00. The highest BCUT2D eigenvalue weighted by Gasteiger charge is 2.29. The molecule has 3 rings (SSSR count). The molecular formula is C17H19NO3S. The van der Waals surface area contributed by atoms with Gasteiger partial charge in [-0.05, 0) is 35.7 Å². The molecule has 2 aromatic rings. The Balaban J connectivity index is 2.00. The first-order valence-electron chi connectivity index (χ1n) is 7.34. The van der Waals surface area contributed by atoms with Gasteiger partial charge in [0.05, 0.1) is 17.1 Å². The third-order valence-electron chi connectivity index (χ3n) is 3.82. The van der Waals surface area contributed by atoms with Gasteiger partial charge >= 0.3 is 0 Å². The maximum atomic E-state index is 12.9. The van der Waals surface area contributed by atoms with Gasteiger partial charge in [-0.2, -0.15) is 0 Å². The van der Waals surface area contributed by atoms with Crippen LogP contribution in [0.25, 0.3) is 0 Å². The van der Waals surface area contributed by atoms with Gasteiger partial charge in [-0.3, -0.25) is 4.31 Å². The number of hydrogen-bond acceptors (Lipinski definition) is 3. The van der Waals surface area contributed by atoms with Crippen molar-refractivity contribution in [2.24, 2.45) is 0 Å².